The maximum Gasteiger partial charge on any atom is 0.340 e. The summed E-state index contributed by atoms with van der Waals surface area (Å²) < 4.78 is 5.97. The Hall–Kier alpha value is -3.48. The first kappa shape index (κ1) is 26.1. The third-order valence-corrected chi connectivity index (χ3v) is 6.47. The standard InChI is InChI=1S/C28H35N3O4/c1-17(2)22-15-12-19(4)16-25(22)35-28(34)23-8-6-7-9-24(23)30-31-26(20(5)32)27(33)29-21-13-10-18(3)11-14-21/h6-11,13-14,17,19,22,25,32H,12,15-16H2,1-5H3,(H,29,33)/b26-20+,31-30?. The Morgan fingerprint density at radius 3 is 2.43 bits per heavy atom. The highest BCUT2D eigenvalue weighted by atomic mass is 16.5. The second-order valence-electron chi connectivity index (χ2n) is 9.74. The number of azo groups is 1. The maximum atomic E-state index is 13.1. The molecule has 3 atom stereocenters. The first-order valence-electron chi connectivity index (χ1n) is 12.1. The van der Waals surface area contributed by atoms with E-state index in [-0.39, 0.29) is 28.8 Å². The number of esters is 1. The van der Waals surface area contributed by atoms with Crippen molar-refractivity contribution in [1.29, 1.82) is 0 Å². The fourth-order valence-corrected chi connectivity index (χ4v) is 4.40. The number of hydrogen-bond acceptors (Lipinski definition) is 6. The summed E-state index contributed by atoms with van der Waals surface area (Å²) >= 11 is 0. The molecule has 35 heavy (non-hydrogen) atoms. The quantitative estimate of drug-likeness (QED) is 0.192. The zero-order chi connectivity index (χ0) is 25.5. The number of carbonyl (C=O) groups is 2. The lowest BCUT2D eigenvalue weighted by molar-refractivity contribution is -0.113. The second kappa shape index (κ2) is 11.8. The first-order valence-corrected chi connectivity index (χ1v) is 12.1. The van der Waals surface area contributed by atoms with Crippen LogP contribution in [0.15, 0.2) is 70.2 Å². The molecule has 7 heteroatoms. The summed E-state index contributed by atoms with van der Waals surface area (Å²) in [5.74, 6) is -0.101. The third-order valence-electron chi connectivity index (χ3n) is 6.47. The monoisotopic (exact) mass is 477 g/mol. The summed E-state index contributed by atoms with van der Waals surface area (Å²) in [6.45, 7) is 9.82. The highest BCUT2D eigenvalue weighted by Gasteiger charge is 2.34. The molecule has 0 saturated heterocycles. The maximum absolute atomic E-state index is 13.1. The van der Waals surface area contributed by atoms with Gasteiger partial charge in [-0.15, -0.1) is 10.2 Å². The molecule has 1 amide bonds. The van der Waals surface area contributed by atoms with E-state index in [9.17, 15) is 14.7 Å². The minimum Gasteiger partial charge on any atom is -0.510 e. The van der Waals surface area contributed by atoms with Gasteiger partial charge in [-0.1, -0.05) is 57.0 Å². The van der Waals surface area contributed by atoms with Crippen LogP contribution >= 0.6 is 0 Å². The van der Waals surface area contributed by atoms with E-state index in [1.54, 1.807) is 36.4 Å². The molecule has 1 aliphatic rings. The van der Waals surface area contributed by atoms with Gasteiger partial charge in [0.05, 0.1) is 5.56 Å². The Balaban J connectivity index is 1.78. The number of aryl methyl sites for hydroxylation is 1. The van der Waals surface area contributed by atoms with Crippen molar-refractivity contribution in [2.24, 2.45) is 28.0 Å². The van der Waals surface area contributed by atoms with Crippen LogP contribution in [0.25, 0.3) is 0 Å². The van der Waals surface area contributed by atoms with Crippen molar-refractivity contribution >= 4 is 23.3 Å². The summed E-state index contributed by atoms with van der Waals surface area (Å²) in [7, 11) is 0. The van der Waals surface area contributed by atoms with Crippen molar-refractivity contribution in [3.8, 4) is 0 Å². The number of anilines is 1. The molecule has 7 nitrogen and oxygen atoms in total. The number of aliphatic hydroxyl groups is 1. The first-order chi connectivity index (χ1) is 16.7. The smallest absolute Gasteiger partial charge is 0.340 e. The fourth-order valence-electron chi connectivity index (χ4n) is 4.40. The normalized spacial score (nSPS) is 21.0. The molecule has 1 fully saturated rings. The molecule has 0 aliphatic heterocycles. The number of carbonyl (C=O) groups excluding carboxylic acids is 2. The lowest BCUT2D eigenvalue weighted by Gasteiger charge is -2.36. The van der Waals surface area contributed by atoms with Crippen molar-refractivity contribution in [3.63, 3.8) is 0 Å². The number of aliphatic hydroxyl groups excluding tert-OH is 1. The van der Waals surface area contributed by atoms with E-state index in [0.29, 0.717) is 23.4 Å². The van der Waals surface area contributed by atoms with E-state index in [0.717, 1.165) is 24.8 Å². The Labute approximate surface area is 207 Å². The number of nitrogens with zero attached hydrogens (tertiary/aromatic N) is 2. The number of ether oxygens (including phenoxy) is 1. The Morgan fingerprint density at radius 2 is 1.77 bits per heavy atom. The summed E-state index contributed by atoms with van der Waals surface area (Å²) in [5.41, 5.74) is 1.92. The van der Waals surface area contributed by atoms with Gasteiger partial charge in [-0.05, 0) is 68.7 Å². The van der Waals surface area contributed by atoms with Crippen LogP contribution in [0, 0.1) is 24.7 Å². The summed E-state index contributed by atoms with van der Waals surface area (Å²) in [6, 6.07) is 14.0. The molecule has 0 aromatic heterocycles. The highest BCUT2D eigenvalue weighted by molar-refractivity contribution is 6.03. The Kier molecular flexibility index (Phi) is 8.79. The minimum atomic E-state index is -0.603. The lowest BCUT2D eigenvalue weighted by Crippen LogP contribution is -2.35. The summed E-state index contributed by atoms with van der Waals surface area (Å²) in [5, 5.41) is 20.9. The Morgan fingerprint density at radius 1 is 1.09 bits per heavy atom. The molecule has 3 unspecified atom stereocenters. The van der Waals surface area contributed by atoms with Gasteiger partial charge in [0.25, 0.3) is 5.91 Å². The van der Waals surface area contributed by atoms with Crippen molar-refractivity contribution in [1.82, 2.24) is 0 Å². The van der Waals surface area contributed by atoms with Gasteiger partial charge in [0, 0.05) is 5.69 Å². The van der Waals surface area contributed by atoms with E-state index in [1.165, 1.54) is 6.92 Å². The zero-order valence-electron chi connectivity index (χ0n) is 21.1. The van der Waals surface area contributed by atoms with Crippen LogP contribution in [0.3, 0.4) is 0 Å². The van der Waals surface area contributed by atoms with Crippen LogP contribution in [0.1, 0.15) is 62.9 Å². The minimum absolute atomic E-state index is 0.147. The van der Waals surface area contributed by atoms with E-state index < -0.39 is 11.9 Å². The molecule has 3 rings (SSSR count). The average Bonchev–Trinajstić information content (AvgIpc) is 2.80. The summed E-state index contributed by atoms with van der Waals surface area (Å²) in [4.78, 5) is 25.8. The molecule has 2 N–H and O–H groups in total. The SMILES string of the molecule is C/C(O)=C(\N=Nc1ccccc1C(=O)OC1CC(C)CCC1C(C)C)C(=O)Nc1ccc(C)cc1. The topological polar surface area (TPSA) is 100 Å². The van der Waals surface area contributed by atoms with Gasteiger partial charge < -0.3 is 15.2 Å². The van der Waals surface area contributed by atoms with E-state index in [4.69, 9.17) is 4.74 Å². The largest absolute Gasteiger partial charge is 0.510 e. The molecule has 0 bridgehead atoms. The molecular formula is C28H35N3O4. The molecule has 1 saturated carbocycles. The van der Waals surface area contributed by atoms with Gasteiger partial charge in [-0.2, -0.15) is 0 Å². The van der Waals surface area contributed by atoms with Crippen molar-refractivity contribution in [2.45, 2.75) is 60.0 Å². The van der Waals surface area contributed by atoms with Crippen molar-refractivity contribution in [2.75, 3.05) is 5.32 Å². The fraction of sp³-hybridized carbons (Fsp3) is 0.429. The van der Waals surface area contributed by atoms with Gasteiger partial charge >= 0.3 is 5.97 Å². The number of amides is 1. The highest BCUT2D eigenvalue weighted by Crippen LogP contribution is 2.36. The van der Waals surface area contributed by atoms with Gasteiger partial charge in [0.2, 0.25) is 0 Å². The zero-order valence-corrected chi connectivity index (χ0v) is 21.1. The molecular weight excluding hydrogens is 442 g/mol. The predicted molar refractivity (Wildman–Crippen MR) is 137 cm³/mol. The Bertz CT molecular complexity index is 1100. The lowest BCUT2D eigenvalue weighted by atomic mass is 9.75. The van der Waals surface area contributed by atoms with E-state index in [2.05, 4.69) is 36.3 Å². The number of rotatable bonds is 7. The summed E-state index contributed by atoms with van der Waals surface area (Å²) in [6.07, 6.45) is 2.88. The molecule has 186 valence electrons. The number of benzene rings is 2. The van der Waals surface area contributed by atoms with E-state index >= 15 is 0 Å². The number of allylic oxidation sites excluding steroid dienone is 1. The van der Waals surface area contributed by atoms with Crippen LogP contribution in [-0.2, 0) is 9.53 Å². The van der Waals surface area contributed by atoms with Gasteiger partial charge in [-0.25, -0.2) is 4.79 Å². The van der Waals surface area contributed by atoms with E-state index in [1.807, 2.05) is 19.1 Å². The molecule has 2 aromatic rings. The van der Waals surface area contributed by atoms with Crippen molar-refractivity contribution in [3.05, 3.63) is 71.1 Å². The number of nitrogens with one attached hydrogen (secondary N) is 1. The van der Waals surface area contributed by atoms with Gasteiger partial charge in [0.1, 0.15) is 17.6 Å². The second-order valence-corrected chi connectivity index (χ2v) is 9.74. The molecule has 1 aliphatic carbocycles. The van der Waals surface area contributed by atoms with Crippen LogP contribution in [0.2, 0.25) is 0 Å². The average molecular weight is 478 g/mol. The predicted octanol–water partition coefficient (Wildman–Crippen LogP) is 7.12. The van der Waals surface area contributed by atoms with Gasteiger partial charge in [0.15, 0.2) is 5.70 Å². The van der Waals surface area contributed by atoms with Crippen LogP contribution in [0.4, 0.5) is 11.4 Å². The molecule has 0 spiro atoms. The molecule has 0 radical (unpaired) electrons. The molecule has 0 heterocycles. The van der Waals surface area contributed by atoms with Crippen LogP contribution < -0.4 is 5.32 Å². The van der Waals surface area contributed by atoms with Crippen LogP contribution in [-0.4, -0.2) is 23.1 Å². The van der Waals surface area contributed by atoms with Crippen molar-refractivity contribution < 1.29 is 19.4 Å². The van der Waals surface area contributed by atoms with Crippen LogP contribution in [0.5, 0.6) is 0 Å². The number of hydrogen-bond donors (Lipinski definition) is 2. The third kappa shape index (κ3) is 7.01. The molecule has 2 aromatic carbocycles. The van der Waals surface area contributed by atoms with Gasteiger partial charge in [-0.3, -0.25) is 4.79 Å².